The number of aliphatic hydroxyl groups is 1. The summed E-state index contributed by atoms with van der Waals surface area (Å²) in [6.07, 6.45) is -1.23. The molecular formula is C14H27NO5. The maximum atomic E-state index is 11.7. The molecule has 0 spiro atoms. The number of ether oxygens (including phenoxy) is 2. The topological polar surface area (TPSA) is 84.9 Å². The Hall–Kier alpha value is -1.30. The van der Waals surface area contributed by atoms with Gasteiger partial charge in [0.1, 0.15) is 5.60 Å². The Morgan fingerprint density at radius 2 is 1.80 bits per heavy atom. The van der Waals surface area contributed by atoms with Crippen molar-refractivity contribution in [1.82, 2.24) is 5.32 Å². The Labute approximate surface area is 120 Å². The Bertz CT molecular complexity index is 322. The smallest absolute Gasteiger partial charge is 0.407 e. The molecule has 0 bridgehead atoms. The average Bonchev–Trinajstić information content (AvgIpc) is 2.24. The minimum absolute atomic E-state index is 0.163. The van der Waals surface area contributed by atoms with Gasteiger partial charge in [-0.1, -0.05) is 13.8 Å². The molecule has 0 aromatic rings. The Kier molecular flexibility index (Phi) is 7.57. The van der Waals surface area contributed by atoms with Gasteiger partial charge in [0, 0.05) is 0 Å². The molecule has 0 radical (unpaired) electrons. The van der Waals surface area contributed by atoms with Gasteiger partial charge in [0.2, 0.25) is 0 Å². The molecule has 1 unspecified atom stereocenters. The van der Waals surface area contributed by atoms with Crippen LogP contribution in [0.3, 0.4) is 0 Å². The number of rotatable bonds is 6. The van der Waals surface area contributed by atoms with Gasteiger partial charge < -0.3 is 19.9 Å². The molecule has 6 heteroatoms. The van der Waals surface area contributed by atoms with Gasteiger partial charge in [-0.2, -0.15) is 0 Å². The molecule has 118 valence electrons. The lowest BCUT2D eigenvalue weighted by Gasteiger charge is -2.27. The highest BCUT2D eigenvalue weighted by molar-refractivity contribution is 5.71. The van der Waals surface area contributed by atoms with Gasteiger partial charge in [0.15, 0.2) is 0 Å². The van der Waals surface area contributed by atoms with Crippen molar-refractivity contribution in [3.63, 3.8) is 0 Å². The number of carbonyl (C=O) groups is 2. The molecule has 20 heavy (non-hydrogen) atoms. The summed E-state index contributed by atoms with van der Waals surface area (Å²) in [4.78, 5) is 23.0. The number of aliphatic hydroxyl groups excluding tert-OH is 1. The largest absolute Gasteiger partial charge is 0.469 e. The van der Waals surface area contributed by atoms with Crippen LogP contribution in [0.5, 0.6) is 0 Å². The number of alkyl carbamates (subject to hydrolysis) is 1. The number of amides is 1. The normalized spacial score (nSPS) is 14.6. The van der Waals surface area contributed by atoms with Crippen molar-refractivity contribution in [1.29, 1.82) is 0 Å². The van der Waals surface area contributed by atoms with Gasteiger partial charge in [-0.3, -0.25) is 4.79 Å². The van der Waals surface area contributed by atoms with Crippen molar-refractivity contribution < 1.29 is 24.2 Å². The minimum atomic E-state index is -1.00. The van der Waals surface area contributed by atoms with Crippen LogP contribution in [0, 0.1) is 5.92 Å². The fourth-order valence-electron chi connectivity index (χ4n) is 1.68. The second-order valence-electron chi connectivity index (χ2n) is 6.23. The zero-order chi connectivity index (χ0) is 15.9. The number of hydrogen-bond acceptors (Lipinski definition) is 5. The first-order valence-electron chi connectivity index (χ1n) is 6.79. The van der Waals surface area contributed by atoms with E-state index < -0.39 is 29.8 Å². The molecule has 0 rings (SSSR count). The highest BCUT2D eigenvalue weighted by Crippen LogP contribution is 2.13. The van der Waals surface area contributed by atoms with Crippen LogP contribution in [0.2, 0.25) is 0 Å². The summed E-state index contributed by atoms with van der Waals surface area (Å²) in [5.41, 5.74) is -0.611. The fraction of sp³-hybridized carbons (Fsp3) is 0.857. The van der Waals surface area contributed by atoms with Crippen LogP contribution in [0.1, 0.15) is 47.5 Å². The predicted molar refractivity (Wildman–Crippen MR) is 75.3 cm³/mol. The first-order chi connectivity index (χ1) is 9.05. The summed E-state index contributed by atoms with van der Waals surface area (Å²) in [5, 5.41) is 12.7. The first-order valence-corrected chi connectivity index (χ1v) is 6.79. The van der Waals surface area contributed by atoms with E-state index in [1.54, 1.807) is 20.8 Å². The average molecular weight is 289 g/mol. The summed E-state index contributed by atoms with van der Waals surface area (Å²) < 4.78 is 9.67. The third-order valence-corrected chi connectivity index (χ3v) is 2.50. The van der Waals surface area contributed by atoms with Gasteiger partial charge in [-0.25, -0.2) is 4.79 Å². The number of carbonyl (C=O) groups excluding carboxylic acids is 2. The molecule has 0 aromatic carbocycles. The highest BCUT2D eigenvalue weighted by atomic mass is 16.6. The zero-order valence-corrected chi connectivity index (χ0v) is 13.2. The molecule has 0 saturated carbocycles. The summed E-state index contributed by atoms with van der Waals surface area (Å²) in [5.74, 6) is -0.264. The predicted octanol–water partition coefficient (Wildman–Crippen LogP) is 1.85. The van der Waals surface area contributed by atoms with Crippen LogP contribution in [-0.4, -0.2) is 42.0 Å². The van der Waals surface area contributed by atoms with E-state index in [4.69, 9.17) is 4.74 Å². The molecule has 0 aromatic heterocycles. The van der Waals surface area contributed by atoms with Crippen LogP contribution in [0.25, 0.3) is 0 Å². The SMILES string of the molecule is COC(=O)CC(O)[C@H](CC(C)C)NC(=O)OC(C)(C)C. The second-order valence-corrected chi connectivity index (χ2v) is 6.23. The standard InChI is InChI=1S/C14H27NO5/c1-9(2)7-10(11(16)8-12(17)19-6)15-13(18)20-14(3,4)5/h9-11,16H,7-8H2,1-6H3,(H,15,18)/t10-,11?/m0/s1. The first kappa shape index (κ1) is 18.7. The van der Waals surface area contributed by atoms with Crippen LogP contribution in [0.15, 0.2) is 0 Å². The van der Waals surface area contributed by atoms with Gasteiger partial charge >= 0.3 is 12.1 Å². The number of nitrogens with one attached hydrogen (secondary N) is 1. The Morgan fingerprint density at radius 3 is 2.20 bits per heavy atom. The molecule has 0 saturated heterocycles. The van der Waals surface area contributed by atoms with Gasteiger partial charge in [-0.15, -0.1) is 0 Å². The van der Waals surface area contributed by atoms with Crippen LogP contribution in [0.4, 0.5) is 4.79 Å². The molecule has 1 amide bonds. The maximum absolute atomic E-state index is 11.7. The third-order valence-electron chi connectivity index (χ3n) is 2.50. The highest BCUT2D eigenvalue weighted by Gasteiger charge is 2.27. The van der Waals surface area contributed by atoms with E-state index in [1.165, 1.54) is 7.11 Å². The van der Waals surface area contributed by atoms with E-state index in [0.717, 1.165) is 0 Å². The van der Waals surface area contributed by atoms with E-state index >= 15 is 0 Å². The quantitative estimate of drug-likeness (QED) is 0.729. The molecule has 2 N–H and O–H groups in total. The molecule has 0 aliphatic rings. The van der Waals surface area contributed by atoms with Crippen molar-refractivity contribution in [3.05, 3.63) is 0 Å². The van der Waals surface area contributed by atoms with Gasteiger partial charge in [-0.05, 0) is 33.1 Å². The molecule has 0 aliphatic carbocycles. The molecule has 0 heterocycles. The zero-order valence-electron chi connectivity index (χ0n) is 13.2. The fourth-order valence-corrected chi connectivity index (χ4v) is 1.68. The van der Waals surface area contributed by atoms with E-state index in [1.807, 2.05) is 13.8 Å². The second kappa shape index (κ2) is 8.09. The number of hydrogen-bond donors (Lipinski definition) is 2. The van der Waals surface area contributed by atoms with Crippen LogP contribution >= 0.6 is 0 Å². The van der Waals surface area contributed by atoms with Gasteiger partial charge in [0.05, 0.1) is 25.7 Å². The van der Waals surface area contributed by atoms with Crippen molar-refractivity contribution in [2.24, 2.45) is 5.92 Å². The summed E-state index contributed by atoms with van der Waals surface area (Å²) in [6, 6.07) is -0.552. The lowest BCUT2D eigenvalue weighted by molar-refractivity contribution is -0.143. The molecule has 0 fully saturated rings. The van der Waals surface area contributed by atoms with E-state index in [0.29, 0.717) is 6.42 Å². The van der Waals surface area contributed by atoms with Crippen molar-refractivity contribution in [2.75, 3.05) is 7.11 Å². The van der Waals surface area contributed by atoms with Crippen molar-refractivity contribution in [2.45, 2.75) is 65.2 Å². The van der Waals surface area contributed by atoms with E-state index in [-0.39, 0.29) is 12.3 Å². The van der Waals surface area contributed by atoms with E-state index in [9.17, 15) is 14.7 Å². The van der Waals surface area contributed by atoms with Crippen LogP contribution in [-0.2, 0) is 14.3 Å². The van der Waals surface area contributed by atoms with Gasteiger partial charge in [0.25, 0.3) is 0 Å². The third kappa shape index (κ3) is 8.74. The summed E-state index contributed by atoms with van der Waals surface area (Å²) >= 11 is 0. The molecule has 6 nitrogen and oxygen atoms in total. The number of methoxy groups -OCH3 is 1. The molecule has 2 atom stereocenters. The minimum Gasteiger partial charge on any atom is -0.469 e. The lowest BCUT2D eigenvalue weighted by atomic mass is 9.97. The summed E-state index contributed by atoms with van der Waals surface area (Å²) in [6.45, 7) is 9.21. The van der Waals surface area contributed by atoms with Crippen molar-refractivity contribution in [3.8, 4) is 0 Å². The monoisotopic (exact) mass is 289 g/mol. The van der Waals surface area contributed by atoms with E-state index in [2.05, 4.69) is 10.1 Å². The Balaban J connectivity index is 4.63. The van der Waals surface area contributed by atoms with Crippen molar-refractivity contribution >= 4 is 12.1 Å². The maximum Gasteiger partial charge on any atom is 0.407 e. The Morgan fingerprint density at radius 1 is 1.25 bits per heavy atom. The van der Waals surface area contributed by atoms with Crippen LogP contribution < -0.4 is 5.32 Å². The number of esters is 1. The lowest BCUT2D eigenvalue weighted by Crippen LogP contribution is -2.46. The molecule has 0 aliphatic heterocycles. The molecular weight excluding hydrogens is 262 g/mol. The summed E-state index contributed by atoms with van der Waals surface area (Å²) in [7, 11) is 1.26.